The minimum absolute atomic E-state index is 0.357. The molecular formula is C14H27F3N4. The van der Waals surface area contributed by atoms with Gasteiger partial charge in [-0.25, -0.2) is 0 Å². The van der Waals surface area contributed by atoms with Crippen LogP contribution in [0.3, 0.4) is 0 Å². The molecule has 0 aromatic heterocycles. The van der Waals surface area contributed by atoms with E-state index in [4.69, 9.17) is 0 Å². The molecule has 7 heteroatoms. The van der Waals surface area contributed by atoms with Gasteiger partial charge in [0.1, 0.15) is 0 Å². The third kappa shape index (κ3) is 5.73. The van der Waals surface area contributed by atoms with Crippen molar-refractivity contribution in [1.29, 1.82) is 0 Å². The van der Waals surface area contributed by atoms with Crippen molar-refractivity contribution in [3.8, 4) is 0 Å². The molecule has 2 aliphatic rings. The Morgan fingerprint density at radius 3 is 2.33 bits per heavy atom. The fourth-order valence-corrected chi connectivity index (χ4v) is 3.17. The van der Waals surface area contributed by atoms with Gasteiger partial charge in [0, 0.05) is 38.3 Å². The van der Waals surface area contributed by atoms with E-state index < -0.39 is 12.7 Å². The summed E-state index contributed by atoms with van der Waals surface area (Å²) in [5, 5.41) is 3.55. The molecule has 0 aromatic rings. The Hall–Kier alpha value is -0.370. The van der Waals surface area contributed by atoms with Gasteiger partial charge in [-0.05, 0) is 40.0 Å². The van der Waals surface area contributed by atoms with Gasteiger partial charge in [-0.1, -0.05) is 0 Å². The second-order valence-electron chi connectivity index (χ2n) is 6.47. The van der Waals surface area contributed by atoms with E-state index in [0.29, 0.717) is 25.2 Å². The Morgan fingerprint density at radius 2 is 1.71 bits per heavy atom. The molecule has 0 amide bonds. The molecule has 0 bridgehead atoms. The van der Waals surface area contributed by atoms with Crippen LogP contribution in [0, 0.1) is 0 Å². The van der Waals surface area contributed by atoms with Crippen LogP contribution in [-0.2, 0) is 0 Å². The Morgan fingerprint density at radius 1 is 1.05 bits per heavy atom. The second-order valence-corrected chi connectivity index (χ2v) is 6.47. The lowest BCUT2D eigenvalue weighted by Gasteiger charge is -2.39. The smallest absolute Gasteiger partial charge is 0.312 e. The molecule has 2 fully saturated rings. The molecule has 1 atom stereocenters. The molecule has 0 saturated carbocycles. The molecule has 21 heavy (non-hydrogen) atoms. The quantitative estimate of drug-likeness (QED) is 0.831. The number of likely N-dealkylation sites (N-methyl/N-ethyl adjacent to an activating group) is 2. The van der Waals surface area contributed by atoms with Crippen LogP contribution in [0.15, 0.2) is 0 Å². The van der Waals surface area contributed by atoms with Crippen LogP contribution in [-0.4, -0.2) is 92.9 Å². The number of piperidine rings is 1. The molecule has 4 nitrogen and oxygen atoms in total. The van der Waals surface area contributed by atoms with E-state index in [-0.39, 0.29) is 0 Å². The van der Waals surface area contributed by atoms with Crippen LogP contribution in [0.25, 0.3) is 0 Å². The SMILES string of the molecule is CN1CCN(C)C(CNC2CCN(CC(F)(F)F)CC2)C1. The number of hydrogen-bond acceptors (Lipinski definition) is 4. The Kier molecular flexibility index (Phi) is 5.88. The van der Waals surface area contributed by atoms with Crippen molar-refractivity contribution in [2.24, 2.45) is 0 Å². The van der Waals surface area contributed by atoms with E-state index in [2.05, 4.69) is 29.2 Å². The maximum absolute atomic E-state index is 12.3. The highest BCUT2D eigenvalue weighted by Crippen LogP contribution is 2.19. The third-order valence-electron chi connectivity index (χ3n) is 4.61. The summed E-state index contributed by atoms with van der Waals surface area (Å²) in [7, 11) is 4.28. The van der Waals surface area contributed by atoms with Gasteiger partial charge in [0.15, 0.2) is 0 Å². The highest BCUT2D eigenvalue weighted by molar-refractivity contribution is 4.84. The number of piperazine rings is 1. The van der Waals surface area contributed by atoms with Gasteiger partial charge in [0.2, 0.25) is 0 Å². The zero-order valence-electron chi connectivity index (χ0n) is 13.0. The van der Waals surface area contributed by atoms with Crippen molar-refractivity contribution in [2.45, 2.75) is 31.1 Å². The van der Waals surface area contributed by atoms with Crippen LogP contribution in [0.2, 0.25) is 0 Å². The van der Waals surface area contributed by atoms with Gasteiger partial charge in [-0.2, -0.15) is 13.2 Å². The summed E-state index contributed by atoms with van der Waals surface area (Å²) in [6.45, 7) is 4.46. The fourth-order valence-electron chi connectivity index (χ4n) is 3.17. The van der Waals surface area contributed by atoms with Crippen LogP contribution in [0.1, 0.15) is 12.8 Å². The molecule has 1 unspecified atom stereocenters. The normalized spacial score (nSPS) is 28.1. The van der Waals surface area contributed by atoms with Crippen molar-refractivity contribution in [1.82, 2.24) is 20.0 Å². The van der Waals surface area contributed by atoms with Gasteiger partial charge in [-0.15, -0.1) is 0 Å². The van der Waals surface area contributed by atoms with Gasteiger partial charge >= 0.3 is 6.18 Å². The number of rotatable bonds is 4. The molecule has 0 radical (unpaired) electrons. The van der Waals surface area contributed by atoms with Crippen molar-refractivity contribution in [3.63, 3.8) is 0 Å². The zero-order chi connectivity index (χ0) is 15.5. The van der Waals surface area contributed by atoms with E-state index in [9.17, 15) is 13.2 Å². The molecular weight excluding hydrogens is 281 g/mol. The molecule has 2 heterocycles. The second kappa shape index (κ2) is 7.26. The molecule has 2 saturated heterocycles. The highest BCUT2D eigenvalue weighted by atomic mass is 19.4. The first-order valence-electron chi connectivity index (χ1n) is 7.75. The largest absolute Gasteiger partial charge is 0.401 e. The van der Waals surface area contributed by atoms with E-state index in [1.807, 2.05) is 0 Å². The van der Waals surface area contributed by atoms with Crippen molar-refractivity contribution < 1.29 is 13.2 Å². The average Bonchev–Trinajstić information content (AvgIpc) is 2.40. The molecule has 0 spiro atoms. The molecule has 0 aliphatic carbocycles. The Bertz CT molecular complexity index is 316. The molecule has 1 N–H and O–H groups in total. The summed E-state index contributed by atoms with van der Waals surface area (Å²) in [6, 6.07) is 0.854. The summed E-state index contributed by atoms with van der Waals surface area (Å²) in [6.07, 6.45) is -2.46. The monoisotopic (exact) mass is 308 g/mol. The van der Waals surface area contributed by atoms with Crippen LogP contribution in [0.4, 0.5) is 13.2 Å². The molecule has 2 rings (SSSR count). The number of hydrogen-bond donors (Lipinski definition) is 1. The van der Waals surface area contributed by atoms with Crippen molar-refractivity contribution in [2.75, 3.05) is 59.9 Å². The number of alkyl halides is 3. The number of nitrogens with one attached hydrogen (secondary N) is 1. The van der Waals surface area contributed by atoms with E-state index >= 15 is 0 Å². The minimum Gasteiger partial charge on any atom is -0.312 e. The van der Waals surface area contributed by atoms with Gasteiger partial charge < -0.3 is 10.2 Å². The molecule has 124 valence electrons. The Balaban J connectivity index is 1.67. The van der Waals surface area contributed by atoms with E-state index in [1.165, 1.54) is 4.90 Å². The number of likely N-dealkylation sites (tertiary alicyclic amines) is 1. The molecule has 2 aliphatic heterocycles. The van der Waals surface area contributed by atoms with E-state index in [1.54, 1.807) is 0 Å². The average molecular weight is 308 g/mol. The first kappa shape index (κ1) is 17.0. The third-order valence-corrected chi connectivity index (χ3v) is 4.61. The first-order chi connectivity index (χ1) is 9.83. The minimum atomic E-state index is -4.07. The standard InChI is InChI=1S/C14H27F3N4/c1-19-7-8-20(2)13(10-19)9-18-12-3-5-21(6-4-12)11-14(15,16)17/h12-13,18H,3-11H2,1-2H3. The summed E-state index contributed by atoms with van der Waals surface area (Å²) < 4.78 is 37.0. The van der Waals surface area contributed by atoms with Crippen LogP contribution < -0.4 is 5.32 Å². The van der Waals surface area contributed by atoms with Crippen LogP contribution in [0.5, 0.6) is 0 Å². The molecule has 0 aromatic carbocycles. The highest BCUT2D eigenvalue weighted by Gasteiger charge is 2.32. The van der Waals surface area contributed by atoms with Gasteiger partial charge in [0.05, 0.1) is 6.54 Å². The van der Waals surface area contributed by atoms with Gasteiger partial charge in [-0.3, -0.25) is 9.80 Å². The summed E-state index contributed by atoms with van der Waals surface area (Å²) >= 11 is 0. The summed E-state index contributed by atoms with van der Waals surface area (Å²) in [4.78, 5) is 6.21. The van der Waals surface area contributed by atoms with Crippen molar-refractivity contribution >= 4 is 0 Å². The summed E-state index contributed by atoms with van der Waals surface area (Å²) in [5.41, 5.74) is 0. The zero-order valence-corrected chi connectivity index (χ0v) is 13.0. The van der Waals surface area contributed by atoms with E-state index in [0.717, 1.165) is 39.0 Å². The predicted octanol–water partition coefficient (Wildman–Crippen LogP) is 0.849. The lowest BCUT2D eigenvalue weighted by atomic mass is 10.0. The lowest BCUT2D eigenvalue weighted by molar-refractivity contribution is -0.148. The van der Waals surface area contributed by atoms with Gasteiger partial charge in [0.25, 0.3) is 0 Å². The fraction of sp³-hybridized carbons (Fsp3) is 1.00. The number of halogens is 3. The maximum Gasteiger partial charge on any atom is 0.401 e. The topological polar surface area (TPSA) is 21.8 Å². The summed E-state index contributed by atoms with van der Waals surface area (Å²) in [5.74, 6) is 0. The predicted molar refractivity (Wildman–Crippen MR) is 77.4 cm³/mol. The van der Waals surface area contributed by atoms with Crippen molar-refractivity contribution in [3.05, 3.63) is 0 Å². The lowest BCUT2D eigenvalue weighted by Crippen LogP contribution is -2.55. The Labute approximate surface area is 125 Å². The van der Waals surface area contributed by atoms with Crippen LogP contribution >= 0.6 is 0 Å². The number of nitrogens with zero attached hydrogens (tertiary/aromatic N) is 3. The maximum atomic E-state index is 12.3. The first-order valence-corrected chi connectivity index (χ1v) is 7.75.